The molecule has 184 valence electrons. The smallest absolute Gasteiger partial charge is 0.151 e. The first-order valence-corrected chi connectivity index (χ1v) is 13.1. The van der Waals surface area contributed by atoms with Crippen LogP contribution in [-0.2, 0) is 0 Å². The van der Waals surface area contributed by atoms with E-state index in [0.717, 1.165) is 67.3 Å². The third-order valence-corrected chi connectivity index (χ3v) is 7.39. The van der Waals surface area contributed by atoms with Crippen molar-refractivity contribution in [2.24, 2.45) is 0 Å². The molecule has 0 atom stereocenters. The molecule has 1 aromatic heterocycles. The van der Waals surface area contributed by atoms with Gasteiger partial charge in [-0.3, -0.25) is 0 Å². The molecule has 39 heavy (non-hydrogen) atoms. The number of pyridine rings is 1. The Morgan fingerprint density at radius 3 is 1.92 bits per heavy atom. The van der Waals surface area contributed by atoms with Crippen molar-refractivity contribution in [2.45, 2.75) is 13.8 Å². The van der Waals surface area contributed by atoms with Crippen molar-refractivity contribution in [3.05, 3.63) is 126 Å². The Kier molecular flexibility index (Phi) is 5.48. The van der Waals surface area contributed by atoms with E-state index in [-0.39, 0.29) is 0 Å². The number of benzene rings is 5. The predicted molar refractivity (Wildman–Crippen MR) is 162 cm³/mol. The van der Waals surface area contributed by atoms with Gasteiger partial charge in [0.2, 0.25) is 0 Å². The van der Waals surface area contributed by atoms with Crippen LogP contribution in [-0.4, -0.2) is 12.8 Å². The molecule has 0 spiro atoms. The molecule has 1 aliphatic rings. The summed E-state index contributed by atoms with van der Waals surface area (Å²) < 4.78 is 6.30. The second kappa shape index (κ2) is 9.18. The average molecular weight is 500 g/mol. The van der Waals surface area contributed by atoms with Gasteiger partial charge in [0.1, 0.15) is 7.85 Å². The molecule has 6 aromatic rings. The van der Waals surface area contributed by atoms with Gasteiger partial charge >= 0.3 is 0 Å². The van der Waals surface area contributed by atoms with E-state index in [1.165, 1.54) is 11.1 Å². The fraction of sp³-hybridized carbons (Fsp3) is 0.0571. The average Bonchev–Trinajstić information content (AvgIpc) is 2.97. The van der Waals surface area contributed by atoms with Gasteiger partial charge in [-0.1, -0.05) is 89.9 Å². The number of anilines is 3. The van der Waals surface area contributed by atoms with E-state index >= 15 is 0 Å². The van der Waals surface area contributed by atoms with Crippen molar-refractivity contribution < 1.29 is 4.74 Å². The van der Waals surface area contributed by atoms with E-state index in [1.807, 2.05) is 60.7 Å². The number of rotatable bonds is 3. The van der Waals surface area contributed by atoms with Gasteiger partial charge in [0.25, 0.3) is 0 Å². The van der Waals surface area contributed by atoms with Gasteiger partial charge in [-0.05, 0) is 66.9 Å². The van der Waals surface area contributed by atoms with Gasteiger partial charge in [0.05, 0.1) is 28.3 Å². The first kappa shape index (κ1) is 23.3. The lowest BCUT2D eigenvalue weighted by molar-refractivity contribution is 0.477. The summed E-state index contributed by atoms with van der Waals surface area (Å²) in [5, 5.41) is 1.14. The highest BCUT2D eigenvalue weighted by molar-refractivity contribution is 6.32. The van der Waals surface area contributed by atoms with E-state index in [4.69, 9.17) is 17.6 Å². The van der Waals surface area contributed by atoms with Gasteiger partial charge in [-0.15, -0.1) is 0 Å². The van der Waals surface area contributed by atoms with Crippen LogP contribution in [0.25, 0.3) is 33.3 Å². The molecule has 0 bridgehead atoms. The molecule has 0 amide bonds. The zero-order chi connectivity index (χ0) is 26.5. The Hall–Kier alpha value is -4.83. The fourth-order valence-corrected chi connectivity index (χ4v) is 5.40. The van der Waals surface area contributed by atoms with Crippen LogP contribution in [0.2, 0.25) is 0 Å². The molecular weight excluding hydrogens is 475 g/mol. The van der Waals surface area contributed by atoms with E-state index in [9.17, 15) is 0 Å². The molecule has 0 saturated carbocycles. The number of hydrogen-bond donors (Lipinski definition) is 0. The summed E-state index contributed by atoms with van der Waals surface area (Å²) in [6.45, 7) is 4.28. The maximum absolute atomic E-state index is 6.30. The number of nitrogens with zero attached hydrogens (tertiary/aromatic N) is 2. The Morgan fingerprint density at radius 1 is 0.641 bits per heavy atom. The van der Waals surface area contributed by atoms with Crippen LogP contribution in [0, 0.1) is 13.8 Å². The second-order valence-corrected chi connectivity index (χ2v) is 10.0. The van der Waals surface area contributed by atoms with Crippen LogP contribution in [0.4, 0.5) is 17.1 Å². The van der Waals surface area contributed by atoms with Crippen molar-refractivity contribution in [1.82, 2.24) is 4.98 Å². The molecule has 1 aliphatic heterocycles. The number of para-hydroxylation sites is 4. The molecule has 0 aliphatic carbocycles. The summed E-state index contributed by atoms with van der Waals surface area (Å²) >= 11 is 0. The topological polar surface area (TPSA) is 25.4 Å². The standard InChI is InChI=1S/C35H25BN2O/c1-22-11-14-24(15-12-22)27-21-28(25-16-18-26(36)19-17-25)37-35-31(20-13-23(2)34(27)35)38-29-7-3-5-9-32(29)39-33-10-6-4-8-30(33)38/h3-21H,1-2H3. The zero-order valence-electron chi connectivity index (χ0n) is 21.8. The van der Waals surface area contributed by atoms with Crippen molar-refractivity contribution in [1.29, 1.82) is 0 Å². The molecule has 4 heteroatoms. The summed E-state index contributed by atoms with van der Waals surface area (Å²) in [6.07, 6.45) is 0. The molecule has 0 fully saturated rings. The SMILES string of the molecule is [B]c1ccc(-c2cc(-c3ccc(C)cc3)c3c(C)ccc(N4c5ccccc5Oc5ccccc54)c3n2)cc1. The zero-order valence-corrected chi connectivity index (χ0v) is 21.8. The lowest BCUT2D eigenvalue weighted by atomic mass is 9.92. The van der Waals surface area contributed by atoms with Gasteiger partial charge in [0, 0.05) is 10.9 Å². The molecule has 2 heterocycles. The molecule has 0 N–H and O–H groups in total. The number of ether oxygens (including phenoxy) is 1. The fourth-order valence-electron chi connectivity index (χ4n) is 5.40. The summed E-state index contributed by atoms with van der Waals surface area (Å²) in [7, 11) is 6.02. The van der Waals surface area contributed by atoms with Crippen LogP contribution < -0.4 is 15.1 Å². The normalized spacial score (nSPS) is 12.1. The van der Waals surface area contributed by atoms with Gasteiger partial charge in [0.15, 0.2) is 11.5 Å². The van der Waals surface area contributed by atoms with Crippen molar-refractivity contribution >= 4 is 41.3 Å². The monoisotopic (exact) mass is 500 g/mol. The predicted octanol–water partition coefficient (Wildman–Crippen LogP) is 8.55. The summed E-state index contributed by atoms with van der Waals surface area (Å²) in [5.41, 5.74) is 11.3. The summed E-state index contributed by atoms with van der Waals surface area (Å²) in [5.74, 6) is 1.64. The quantitative estimate of drug-likeness (QED) is 0.227. The molecule has 0 saturated heterocycles. The second-order valence-electron chi connectivity index (χ2n) is 10.0. The van der Waals surface area contributed by atoms with Gasteiger partial charge in [-0.25, -0.2) is 4.98 Å². The van der Waals surface area contributed by atoms with Crippen LogP contribution in [0.15, 0.2) is 115 Å². The first-order chi connectivity index (χ1) is 19.1. The summed E-state index contributed by atoms with van der Waals surface area (Å²) in [6, 6.07) is 39.6. The van der Waals surface area contributed by atoms with Crippen molar-refractivity contribution in [3.63, 3.8) is 0 Å². The van der Waals surface area contributed by atoms with Crippen LogP contribution in [0.5, 0.6) is 11.5 Å². The van der Waals surface area contributed by atoms with E-state index < -0.39 is 0 Å². The van der Waals surface area contributed by atoms with Gasteiger partial charge in [-0.2, -0.15) is 0 Å². The minimum absolute atomic E-state index is 0.733. The minimum Gasteiger partial charge on any atom is -0.453 e. The minimum atomic E-state index is 0.733. The molecule has 0 unspecified atom stereocenters. The third-order valence-electron chi connectivity index (χ3n) is 7.39. The van der Waals surface area contributed by atoms with E-state index in [0.29, 0.717) is 0 Å². The highest BCUT2D eigenvalue weighted by Crippen LogP contribution is 2.52. The lowest BCUT2D eigenvalue weighted by Gasteiger charge is -2.33. The van der Waals surface area contributed by atoms with E-state index in [1.54, 1.807) is 0 Å². The Balaban J connectivity index is 1.57. The molecule has 2 radical (unpaired) electrons. The number of aryl methyl sites for hydroxylation is 2. The van der Waals surface area contributed by atoms with Crippen LogP contribution >= 0.6 is 0 Å². The molecular formula is C35H25BN2O. The van der Waals surface area contributed by atoms with Crippen LogP contribution in [0.1, 0.15) is 11.1 Å². The van der Waals surface area contributed by atoms with Crippen molar-refractivity contribution in [2.75, 3.05) is 4.90 Å². The first-order valence-electron chi connectivity index (χ1n) is 13.1. The van der Waals surface area contributed by atoms with E-state index in [2.05, 4.69) is 73.3 Å². The molecule has 7 rings (SSSR count). The molecule has 5 aromatic carbocycles. The lowest BCUT2D eigenvalue weighted by Crippen LogP contribution is -2.16. The number of hydrogen-bond acceptors (Lipinski definition) is 3. The van der Waals surface area contributed by atoms with Gasteiger partial charge < -0.3 is 9.64 Å². The summed E-state index contributed by atoms with van der Waals surface area (Å²) in [4.78, 5) is 7.61. The number of aromatic nitrogens is 1. The largest absolute Gasteiger partial charge is 0.453 e. The Bertz CT molecular complexity index is 1810. The van der Waals surface area contributed by atoms with Crippen LogP contribution in [0.3, 0.4) is 0 Å². The highest BCUT2D eigenvalue weighted by atomic mass is 16.5. The maximum atomic E-state index is 6.30. The van der Waals surface area contributed by atoms with Crippen molar-refractivity contribution in [3.8, 4) is 33.9 Å². The molecule has 3 nitrogen and oxygen atoms in total. The number of fused-ring (bicyclic) bond motifs is 3. The maximum Gasteiger partial charge on any atom is 0.151 e. The third kappa shape index (κ3) is 3.97. The Morgan fingerprint density at radius 2 is 1.26 bits per heavy atom. The Labute approximate surface area is 229 Å². The highest BCUT2D eigenvalue weighted by Gasteiger charge is 2.28.